The molecule has 1 aliphatic rings. The van der Waals surface area contributed by atoms with Crippen LogP contribution in [-0.4, -0.2) is 42.5 Å². The van der Waals surface area contributed by atoms with E-state index in [0.29, 0.717) is 26.2 Å². The zero-order chi connectivity index (χ0) is 21.6. The number of hydrogen-bond acceptors (Lipinski definition) is 5. The number of carbonyl (C=O) groups is 1. The molecule has 1 atom stereocenters. The molecule has 8 nitrogen and oxygen atoms in total. The number of aryl methyl sites for hydroxylation is 1. The SMILES string of the molecule is COc1cccc(C(NC(=O)NCCc2ccc3c(c2)OCCO3)c2nccn2C)c1. The molecule has 0 saturated heterocycles. The summed E-state index contributed by atoms with van der Waals surface area (Å²) in [6, 6.07) is 12.8. The van der Waals surface area contributed by atoms with Crippen LogP contribution in [0.3, 0.4) is 0 Å². The highest BCUT2D eigenvalue weighted by Crippen LogP contribution is 2.30. The first-order chi connectivity index (χ1) is 15.1. The van der Waals surface area contributed by atoms with E-state index in [1.807, 2.05) is 60.3 Å². The molecule has 0 aliphatic carbocycles. The molecule has 0 bridgehead atoms. The summed E-state index contributed by atoms with van der Waals surface area (Å²) >= 11 is 0. The van der Waals surface area contributed by atoms with Gasteiger partial charge in [-0.2, -0.15) is 0 Å². The van der Waals surface area contributed by atoms with Crippen LogP contribution in [0.2, 0.25) is 0 Å². The van der Waals surface area contributed by atoms with E-state index in [4.69, 9.17) is 14.2 Å². The van der Waals surface area contributed by atoms with Crippen molar-refractivity contribution in [3.63, 3.8) is 0 Å². The molecular weight excluding hydrogens is 396 g/mol. The summed E-state index contributed by atoms with van der Waals surface area (Å²) in [6.45, 7) is 1.60. The summed E-state index contributed by atoms with van der Waals surface area (Å²) in [5.41, 5.74) is 1.95. The number of hydrogen-bond donors (Lipinski definition) is 2. The lowest BCUT2D eigenvalue weighted by Gasteiger charge is -2.20. The van der Waals surface area contributed by atoms with E-state index >= 15 is 0 Å². The fourth-order valence-corrected chi connectivity index (χ4v) is 3.52. The summed E-state index contributed by atoms with van der Waals surface area (Å²) in [4.78, 5) is 17.1. The van der Waals surface area contributed by atoms with Crippen LogP contribution in [0.1, 0.15) is 23.0 Å². The van der Waals surface area contributed by atoms with Crippen LogP contribution >= 0.6 is 0 Å². The minimum atomic E-state index is -0.413. The maximum atomic E-state index is 12.7. The quantitative estimate of drug-likeness (QED) is 0.612. The summed E-state index contributed by atoms with van der Waals surface area (Å²) in [7, 11) is 3.52. The maximum Gasteiger partial charge on any atom is 0.315 e. The van der Waals surface area contributed by atoms with Crippen molar-refractivity contribution >= 4 is 6.03 Å². The number of ether oxygens (including phenoxy) is 3. The zero-order valence-electron chi connectivity index (χ0n) is 17.6. The van der Waals surface area contributed by atoms with Crippen molar-refractivity contribution in [2.45, 2.75) is 12.5 Å². The van der Waals surface area contributed by atoms with E-state index in [2.05, 4.69) is 15.6 Å². The van der Waals surface area contributed by atoms with Gasteiger partial charge in [-0.25, -0.2) is 9.78 Å². The maximum absolute atomic E-state index is 12.7. The zero-order valence-corrected chi connectivity index (χ0v) is 17.6. The molecule has 1 unspecified atom stereocenters. The fraction of sp³-hybridized carbons (Fsp3) is 0.304. The van der Waals surface area contributed by atoms with E-state index in [1.165, 1.54) is 0 Å². The minimum absolute atomic E-state index is 0.270. The Hall–Kier alpha value is -3.68. The van der Waals surface area contributed by atoms with Crippen LogP contribution < -0.4 is 24.8 Å². The molecule has 1 aliphatic heterocycles. The second kappa shape index (κ2) is 9.42. The Labute approximate surface area is 181 Å². The normalized spacial score (nSPS) is 13.4. The van der Waals surface area contributed by atoms with Gasteiger partial charge in [0.1, 0.15) is 30.8 Å². The van der Waals surface area contributed by atoms with Crippen LogP contribution in [-0.2, 0) is 13.5 Å². The summed E-state index contributed by atoms with van der Waals surface area (Å²) in [6.07, 6.45) is 4.24. The predicted molar refractivity (Wildman–Crippen MR) is 116 cm³/mol. The van der Waals surface area contributed by atoms with Crippen molar-refractivity contribution in [2.75, 3.05) is 26.9 Å². The van der Waals surface area contributed by atoms with Crippen molar-refractivity contribution in [3.05, 3.63) is 71.8 Å². The molecule has 0 spiro atoms. The predicted octanol–water partition coefficient (Wildman–Crippen LogP) is 2.83. The third-order valence-corrected chi connectivity index (χ3v) is 5.13. The second-order valence-corrected chi connectivity index (χ2v) is 7.23. The van der Waals surface area contributed by atoms with E-state index in [0.717, 1.165) is 34.2 Å². The summed E-state index contributed by atoms with van der Waals surface area (Å²) in [5.74, 6) is 2.96. The molecule has 2 N–H and O–H groups in total. The van der Waals surface area contributed by atoms with Gasteiger partial charge in [0.2, 0.25) is 0 Å². The number of nitrogens with one attached hydrogen (secondary N) is 2. The van der Waals surface area contributed by atoms with Gasteiger partial charge in [-0.05, 0) is 41.8 Å². The minimum Gasteiger partial charge on any atom is -0.497 e. The number of nitrogens with zero attached hydrogens (tertiary/aromatic N) is 2. The molecule has 8 heteroatoms. The first-order valence-electron chi connectivity index (χ1n) is 10.2. The van der Waals surface area contributed by atoms with Crippen LogP contribution in [0.5, 0.6) is 17.2 Å². The standard InChI is InChI=1S/C23H26N4O4/c1-27-11-10-24-22(27)21(17-4-3-5-18(15-17)29-2)26-23(28)25-9-8-16-6-7-19-20(14-16)31-13-12-30-19/h3-7,10-11,14-15,21H,8-9,12-13H2,1-2H3,(H2,25,26,28). The Morgan fingerprint density at radius 1 is 1.19 bits per heavy atom. The highest BCUT2D eigenvalue weighted by atomic mass is 16.6. The number of carbonyl (C=O) groups excluding carboxylic acids is 1. The molecule has 3 aromatic rings. The lowest BCUT2D eigenvalue weighted by molar-refractivity contribution is 0.171. The van der Waals surface area contributed by atoms with Crippen molar-refractivity contribution < 1.29 is 19.0 Å². The van der Waals surface area contributed by atoms with Gasteiger partial charge in [-0.1, -0.05) is 18.2 Å². The Kier molecular flexibility index (Phi) is 6.26. The molecule has 2 heterocycles. The van der Waals surface area contributed by atoms with Crippen molar-refractivity contribution in [2.24, 2.45) is 7.05 Å². The molecule has 4 rings (SSSR count). The molecule has 31 heavy (non-hydrogen) atoms. The van der Waals surface area contributed by atoms with Crippen molar-refractivity contribution in [1.29, 1.82) is 0 Å². The van der Waals surface area contributed by atoms with Gasteiger partial charge >= 0.3 is 6.03 Å². The van der Waals surface area contributed by atoms with Gasteiger partial charge in [0.05, 0.1) is 7.11 Å². The topological polar surface area (TPSA) is 86.6 Å². The molecule has 1 aromatic heterocycles. The molecule has 2 aromatic carbocycles. The van der Waals surface area contributed by atoms with Gasteiger partial charge in [-0.15, -0.1) is 0 Å². The second-order valence-electron chi connectivity index (χ2n) is 7.23. The number of fused-ring (bicyclic) bond motifs is 1. The molecule has 162 valence electrons. The van der Waals surface area contributed by atoms with E-state index in [-0.39, 0.29) is 6.03 Å². The average molecular weight is 422 g/mol. The van der Waals surface area contributed by atoms with Crippen LogP contribution in [0.15, 0.2) is 54.9 Å². The Morgan fingerprint density at radius 2 is 2.03 bits per heavy atom. The largest absolute Gasteiger partial charge is 0.497 e. The third kappa shape index (κ3) is 4.91. The number of imidazole rings is 1. The number of benzene rings is 2. The number of aromatic nitrogens is 2. The number of methoxy groups -OCH3 is 1. The summed E-state index contributed by atoms with van der Waals surface area (Å²) < 4.78 is 18.4. The van der Waals surface area contributed by atoms with Gasteiger partial charge < -0.3 is 29.4 Å². The van der Waals surface area contributed by atoms with E-state index in [9.17, 15) is 4.79 Å². The highest BCUT2D eigenvalue weighted by Gasteiger charge is 2.21. The van der Waals surface area contributed by atoms with E-state index < -0.39 is 6.04 Å². The van der Waals surface area contributed by atoms with Crippen LogP contribution in [0, 0.1) is 0 Å². The van der Waals surface area contributed by atoms with E-state index in [1.54, 1.807) is 13.3 Å². The van der Waals surface area contributed by atoms with Crippen LogP contribution in [0.25, 0.3) is 0 Å². The monoisotopic (exact) mass is 422 g/mol. The van der Waals surface area contributed by atoms with Crippen LogP contribution in [0.4, 0.5) is 4.79 Å². The van der Waals surface area contributed by atoms with Gasteiger partial charge in [0, 0.05) is 26.0 Å². The molecule has 2 amide bonds. The molecule has 0 fully saturated rings. The lowest BCUT2D eigenvalue weighted by atomic mass is 10.1. The number of urea groups is 1. The Bertz CT molecular complexity index is 1050. The Balaban J connectivity index is 1.40. The van der Waals surface area contributed by atoms with Crippen molar-refractivity contribution in [1.82, 2.24) is 20.2 Å². The summed E-state index contributed by atoms with van der Waals surface area (Å²) in [5, 5.41) is 5.96. The average Bonchev–Trinajstić information content (AvgIpc) is 3.23. The molecular formula is C23H26N4O4. The first-order valence-corrected chi connectivity index (χ1v) is 10.2. The smallest absolute Gasteiger partial charge is 0.315 e. The van der Waals surface area contributed by atoms with Gasteiger partial charge in [0.25, 0.3) is 0 Å². The molecule has 0 saturated carbocycles. The Morgan fingerprint density at radius 3 is 2.81 bits per heavy atom. The number of rotatable bonds is 7. The van der Waals surface area contributed by atoms with Gasteiger partial charge in [0.15, 0.2) is 11.5 Å². The van der Waals surface area contributed by atoms with Crippen molar-refractivity contribution in [3.8, 4) is 17.2 Å². The number of amides is 2. The third-order valence-electron chi connectivity index (χ3n) is 5.13. The fourth-order valence-electron chi connectivity index (χ4n) is 3.52. The molecule has 0 radical (unpaired) electrons. The lowest BCUT2D eigenvalue weighted by Crippen LogP contribution is -2.40. The first kappa shape index (κ1) is 20.6. The van der Waals surface area contributed by atoms with Gasteiger partial charge in [-0.3, -0.25) is 0 Å². The highest BCUT2D eigenvalue weighted by molar-refractivity contribution is 5.75.